The van der Waals surface area contributed by atoms with E-state index in [0.29, 0.717) is 11.4 Å². The van der Waals surface area contributed by atoms with Crippen molar-refractivity contribution in [2.45, 2.75) is 26.3 Å². The van der Waals surface area contributed by atoms with Gasteiger partial charge in [0.25, 0.3) is 5.91 Å². The number of carbonyl (C=O) groups is 1. The number of carbonyl (C=O) groups excluding carboxylic acids is 1. The number of hydrogen-bond donors (Lipinski definition) is 2. The van der Waals surface area contributed by atoms with Crippen LogP contribution in [0.25, 0.3) is 10.2 Å². The van der Waals surface area contributed by atoms with E-state index in [4.69, 9.17) is 0 Å². The number of nitrogens with one attached hydrogen (secondary N) is 2. The molecule has 0 fully saturated rings. The Morgan fingerprint density at radius 1 is 1.24 bits per heavy atom. The highest BCUT2D eigenvalue weighted by Crippen LogP contribution is 2.35. The minimum absolute atomic E-state index is 0.0772. The van der Waals surface area contributed by atoms with Crippen molar-refractivity contribution in [1.29, 1.82) is 0 Å². The maximum atomic E-state index is 12.8. The van der Waals surface area contributed by atoms with Crippen LogP contribution in [0.1, 0.15) is 38.6 Å². The molecule has 2 N–H and O–H groups in total. The summed E-state index contributed by atoms with van der Waals surface area (Å²) in [6.45, 7) is 4.62. The van der Waals surface area contributed by atoms with Gasteiger partial charge in [-0.1, -0.05) is 12.1 Å². The minimum atomic E-state index is -0.0772. The van der Waals surface area contributed by atoms with Crippen LogP contribution in [0.15, 0.2) is 48.4 Å². The summed E-state index contributed by atoms with van der Waals surface area (Å²) in [6, 6.07) is 8.17. The minimum Gasteiger partial charge on any atom is -0.362 e. The lowest BCUT2D eigenvalue weighted by Gasteiger charge is -2.13. The number of fused-ring (bicyclic) bond motifs is 1. The number of aromatic nitrogens is 3. The van der Waals surface area contributed by atoms with Gasteiger partial charge in [-0.05, 0) is 48.9 Å². The summed E-state index contributed by atoms with van der Waals surface area (Å²) in [6.07, 6.45) is 5.86. The Bertz CT molecular complexity index is 1110. The fourth-order valence-corrected chi connectivity index (χ4v) is 4.96. The number of thiophene rings is 2. The molecule has 0 saturated carbocycles. The fraction of sp³-hybridized carbons (Fsp3) is 0.238. The van der Waals surface area contributed by atoms with Crippen molar-refractivity contribution in [3.8, 4) is 0 Å². The Labute approximate surface area is 177 Å². The van der Waals surface area contributed by atoms with Crippen LogP contribution in [0.4, 0.5) is 5.82 Å². The third-order valence-electron chi connectivity index (χ3n) is 4.68. The molecule has 148 valence electrons. The fourth-order valence-electron chi connectivity index (χ4n) is 3.16. The average Bonchev–Trinajstić information content (AvgIpc) is 3.38. The molecule has 0 bridgehead atoms. The van der Waals surface area contributed by atoms with E-state index >= 15 is 0 Å². The van der Waals surface area contributed by atoms with E-state index in [0.717, 1.165) is 33.6 Å². The topological polar surface area (TPSA) is 79.8 Å². The number of hydrogen-bond acceptors (Lipinski definition) is 7. The molecule has 0 aliphatic rings. The Kier molecular flexibility index (Phi) is 5.82. The molecule has 4 rings (SSSR count). The molecule has 0 spiro atoms. The summed E-state index contributed by atoms with van der Waals surface area (Å²) in [5.74, 6) is 0.686. The van der Waals surface area contributed by atoms with E-state index in [-0.39, 0.29) is 11.9 Å². The van der Waals surface area contributed by atoms with Gasteiger partial charge < -0.3 is 10.6 Å². The highest BCUT2D eigenvalue weighted by atomic mass is 32.1. The third-order valence-corrected chi connectivity index (χ3v) is 6.93. The SMILES string of the molecule is Cc1c(C(=O)NCCc2cccnc2)sc2ncnc(N[C@@H](C)c3cccs3)c12. The standard InChI is InChI=1S/C21H21N5OS2/c1-13-17-19(26-14(2)16-6-4-10-28-16)24-12-25-21(17)29-18(13)20(27)23-9-7-15-5-3-8-22-11-15/h3-6,8,10-12,14H,7,9H2,1-2H3,(H,23,27)(H,24,25,26)/t14-/m0/s1. The van der Waals surface area contributed by atoms with Gasteiger partial charge in [0.15, 0.2) is 0 Å². The van der Waals surface area contributed by atoms with Crippen LogP contribution >= 0.6 is 22.7 Å². The Morgan fingerprint density at radius 3 is 2.90 bits per heavy atom. The quantitative estimate of drug-likeness (QED) is 0.454. The Balaban J connectivity index is 1.51. The van der Waals surface area contributed by atoms with E-state index in [2.05, 4.69) is 44.0 Å². The monoisotopic (exact) mass is 423 g/mol. The predicted octanol–water partition coefficient (Wildman–Crippen LogP) is 4.60. The van der Waals surface area contributed by atoms with Gasteiger partial charge in [0.1, 0.15) is 17.0 Å². The molecule has 4 aromatic heterocycles. The summed E-state index contributed by atoms with van der Waals surface area (Å²) >= 11 is 3.11. The lowest BCUT2D eigenvalue weighted by atomic mass is 10.1. The van der Waals surface area contributed by atoms with Gasteiger partial charge >= 0.3 is 0 Å². The number of nitrogens with zero attached hydrogens (tertiary/aromatic N) is 3. The van der Waals surface area contributed by atoms with E-state index in [1.165, 1.54) is 16.2 Å². The highest BCUT2D eigenvalue weighted by Gasteiger charge is 2.20. The molecule has 8 heteroatoms. The van der Waals surface area contributed by atoms with Crippen molar-refractivity contribution in [3.05, 3.63) is 69.2 Å². The second kappa shape index (κ2) is 8.67. The van der Waals surface area contributed by atoms with Gasteiger partial charge in [0, 0.05) is 23.8 Å². The lowest BCUT2D eigenvalue weighted by Crippen LogP contribution is -2.25. The Hall–Kier alpha value is -2.84. The third kappa shape index (κ3) is 4.28. The molecule has 0 unspecified atom stereocenters. The number of pyridine rings is 1. The molecule has 0 aromatic carbocycles. The number of anilines is 1. The van der Waals surface area contributed by atoms with E-state index in [1.807, 2.05) is 31.3 Å². The molecule has 0 aliphatic carbocycles. The molecule has 1 amide bonds. The molecule has 29 heavy (non-hydrogen) atoms. The molecule has 4 aromatic rings. The smallest absolute Gasteiger partial charge is 0.261 e. The van der Waals surface area contributed by atoms with Crippen LogP contribution < -0.4 is 10.6 Å². The average molecular weight is 424 g/mol. The van der Waals surface area contributed by atoms with Gasteiger partial charge in [-0.3, -0.25) is 9.78 Å². The molecule has 0 saturated heterocycles. The predicted molar refractivity (Wildman–Crippen MR) is 119 cm³/mol. The van der Waals surface area contributed by atoms with Crippen molar-refractivity contribution in [1.82, 2.24) is 20.3 Å². The van der Waals surface area contributed by atoms with Gasteiger partial charge in [-0.25, -0.2) is 9.97 Å². The summed E-state index contributed by atoms with van der Waals surface area (Å²) in [4.78, 5) is 28.4. The van der Waals surface area contributed by atoms with Crippen LogP contribution in [0.3, 0.4) is 0 Å². The van der Waals surface area contributed by atoms with Gasteiger partial charge in [0.05, 0.1) is 16.3 Å². The molecule has 4 heterocycles. The number of aryl methyl sites for hydroxylation is 1. The first kappa shape index (κ1) is 19.5. The van der Waals surface area contributed by atoms with Crippen molar-refractivity contribution >= 4 is 44.6 Å². The molecular weight excluding hydrogens is 402 g/mol. The molecule has 6 nitrogen and oxygen atoms in total. The first-order valence-corrected chi connectivity index (χ1v) is 11.0. The second-order valence-electron chi connectivity index (χ2n) is 6.71. The van der Waals surface area contributed by atoms with E-state index in [9.17, 15) is 4.79 Å². The van der Waals surface area contributed by atoms with Gasteiger partial charge in [-0.2, -0.15) is 0 Å². The highest BCUT2D eigenvalue weighted by molar-refractivity contribution is 7.20. The van der Waals surface area contributed by atoms with Crippen molar-refractivity contribution in [3.63, 3.8) is 0 Å². The van der Waals surface area contributed by atoms with E-state index in [1.54, 1.807) is 23.9 Å². The van der Waals surface area contributed by atoms with Gasteiger partial charge in [-0.15, -0.1) is 22.7 Å². The zero-order valence-electron chi connectivity index (χ0n) is 16.2. The first-order chi connectivity index (χ1) is 14.1. The molecular formula is C21H21N5OS2. The summed E-state index contributed by atoms with van der Waals surface area (Å²) < 4.78 is 0. The first-order valence-electron chi connectivity index (χ1n) is 9.34. The van der Waals surface area contributed by atoms with Crippen molar-refractivity contribution in [2.75, 3.05) is 11.9 Å². The van der Waals surface area contributed by atoms with Crippen molar-refractivity contribution < 1.29 is 4.79 Å². The van der Waals surface area contributed by atoms with Crippen LogP contribution in [-0.2, 0) is 6.42 Å². The van der Waals surface area contributed by atoms with Crippen molar-refractivity contribution in [2.24, 2.45) is 0 Å². The van der Waals surface area contributed by atoms with E-state index < -0.39 is 0 Å². The zero-order valence-corrected chi connectivity index (χ0v) is 17.8. The van der Waals surface area contributed by atoms with Crippen LogP contribution in [0.2, 0.25) is 0 Å². The van der Waals surface area contributed by atoms with Crippen LogP contribution in [-0.4, -0.2) is 27.4 Å². The van der Waals surface area contributed by atoms with Crippen LogP contribution in [0, 0.1) is 6.92 Å². The lowest BCUT2D eigenvalue weighted by molar-refractivity contribution is 0.0957. The molecule has 0 aliphatic heterocycles. The number of amides is 1. The molecule has 0 radical (unpaired) electrons. The second-order valence-corrected chi connectivity index (χ2v) is 8.69. The van der Waals surface area contributed by atoms with Gasteiger partial charge in [0.2, 0.25) is 0 Å². The molecule has 1 atom stereocenters. The Morgan fingerprint density at radius 2 is 2.14 bits per heavy atom. The number of rotatable bonds is 7. The van der Waals surface area contributed by atoms with Crippen LogP contribution in [0.5, 0.6) is 0 Å². The normalized spacial score (nSPS) is 12.1. The summed E-state index contributed by atoms with van der Waals surface area (Å²) in [5, 5.41) is 9.46. The maximum Gasteiger partial charge on any atom is 0.261 e. The zero-order chi connectivity index (χ0) is 20.2. The largest absolute Gasteiger partial charge is 0.362 e. The summed E-state index contributed by atoms with van der Waals surface area (Å²) in [7, 11) is 0. The summed E-state index contributed by atoms with van der Waals surface area (Å²) in [5.41, 5.74) is 2.01. The maximum absolute atomic E-state index is 12.8.